The molecule has 0 bridgehead atoms. The van der Waals surface area contributed by atoms with Crippen molar-refractivity contribution in [2.24, 2.45) is 5.10 Å². The van der Waals surface area contributed by atoms with Gasteiger partial charge in [-0.15, -0.1) is 0 Å². The molecule has 1 N–H and O–H groups in total. The van der Waals surface area contributed by atoms with E-state index in [2.05, 4.69) is 10.5 Å². The number of nitrogens with one attached hydrogen (secondary N) is 1. The van der Waals surface area contributed by atoms with Gasteiger partial charge in [-0.2, -0.15) is 5.10 Å². The van der Waals surface area contributed by atoms with Gasteiger partial charge in [0.2, 0.25) is 5.91 Å². The van der Waals surface area contributed by atoms with Crippen LogP contribution in [0.15, 0.2) is 33.5 Å². The molecule has 0 atom stereocenters. The SMILES string of the molecule is CC(=O)N/N=C\C(C)=C\c1ccco1. The van der Waals surface area contributed by atoms with Crippen LogP contribution in [0, 0.1) is 0 Å². The largest absolute Gasteiger partial charge is 0.465 e. The minimum atomic E-state index is -0.188. The van der Waals surface area contributed by atoms with Gasteiger partial charge in [-0.25, -0.2) is 5.43 Å². The minimum Gasteiger partial charge on any atom is -0.465 e. The van der Waals surface area contributed by atoms with Crippen molar-refractivity contribution in [1.29, 1.82) is 0 Å². The molecule has 0 aliphatic carbocycles. The molecular weight excluding hydrogens is 180 g/mol. The van der Waals surface area contributed by atoms with Gasteiger partial charge in [-0.3, -0.25) is 4.79 Å². The number of carbonyl (C=O) groups is 1. The summed E-state index contributed by atoms with van der Waals surface area (Å²) >= 11 is 0. The van der Waals surface area contributed by atoms with Gasteiger partial charge in [0.05, 0.1) is 12.5 Å². The molecule has 1 aromatic rings. The molecule has 74 valence electrons. The number of hydrogen-bond donors (Lipinski definition) is 1. The summed E-state index contributed by atoms with van der Waals surface area (Å²) in [6.07, 6.45) is 4.99. The van der Waals surface area contributed by atoms with E-state index in [4.69, 9.17) is 4.42 Å². The molecule has 4 heteroatoms. The predicted octanol–water partition coefficient (Wildman–Crippen LogP) is 1.80. The average Bonchev–Trinajstić information content (AvgIpc) is 2.56. The lowest BCUT2D eigenvalue weighted by atomic mass is 10.3. The fourth-order valence-electron chi connectivity index (χ4n) is 0.860. The van der Waals surface area contributed by atoms with Gasteiger partial charge in [-0.1, -0.05) is 0 Å². The summed E-state index contributed by atoms with van der Waals surface area (Å²) in [7, 11) is 0. The molecule has 0 saturated carbocycles. The van der Waals surface area contributed by atoms with Crippen LogP contribution in [0.2, 0.25) is 0 Å². The smallest absolute Gasteiger partial charge is 0.236 e. The zero-order valence-corrected chi connectivity index (χ0v) is 8.15. The average molecular weight is 192 g/mol. The monoisotopic (exact) mass is 192 g/mol. The number of hydrazone groups is 1. The Morgan fingerprint density at radius 2 is 2.36 bits per heavy atom. The lowest BCUT2D eigenvalue weighted by Gasteiger charge is -1.91. The molecule has 1 rings (SSSR count). The molecule has 0 aliphatic heterocycles. The topological polar surface area (TPSA) is 54.6 Å². The normalized spacial score (nSPS) is 12.0. The standard InChI is InChI=1S/C10H12N2O2/c1-8(7-11-12-9(2)13)6-10-4-3-5-14-10/h3-7H,1-2H3,(H,12,13)/b8-6+,11-7-. The van der Waals surface area contributed by atoms with E-state index in [0.717, 1.165) is 11.3 Å². The molecule has 0 unspecified atom stereocenters. The molecule has 1 amide bonds. The van der Waals surface area contributed by atoms with Crippen LogP contribution in [0.4, 0.5) is 0 Å². The van der Waals surface area contributed by atoms with Crippen LogP contribution < -0.4 is 5.43 Å². The Labute approximate surface area is 82.3 Å². The lowest BCUT2D eigenvalue weighted by molar-refractivity contribution is -0.118. The van der Waals surface area contributed by atoms with Crippen molar-refractivity contribution in [3.8, 4) is 0 Å². The Bertz CT molecular complexity index is 350. The summed E-state index contributed by atoms with van der Waals surface area (Å²) in [5.41, 5.74) is 3.21. The van der Waals surface area contributed by atoms with E-state index < -0.39 is 0 Å². The van der Waals surface area contributed by atoms with Gasteiger partial charge >= 0.3 is 0 Å². The van der Waals surface area contributed by atoms with Crippen LogP contribution in [0.3, 0.4) is 0 Å². The van der Waals surface area contributed by atoms with E-state index >= 15 is 0 Å². The number of carbonyl (C=O) groups excluding carboxylic acids is 1. The van der Waals surface area contributed by atoms with Crippen LogP contribution in [0.5, 0.6) is 0 Å². The second-order valence-electron chi connectivity index (χ2n) is 2.83. The molecule has 0 spiro atoms. The number of amides is 1. The Hall–Kier alpha value is -1.84. The quantitative estimate of drug-likeness (QED) is 0.586. The van der Waals surface area contributed by atoms with Crippen molar-refractivity contribution >= 4 is 18.2 Å². The number of rotatable bonds is 3. The first-order valence-corrected chi connectivity index (χ1v) is 4.20. The van der Waals surface area contributed by atoms with E-state index in [0.29, 0.717) is 0 Å². The Kier molecular flexibility index (Phi) is 3.67. The Morgan fingerprint density at radius 3 is 2.93 bits per heavy atom. The maximum absolute atomic E-state index is 10.5. The van der Waals surface area contributed by atoms with Gasteiger partial charge in [0.1, 0.15) is 5.76 Å². The van der Waals surface area contributed by atoms with Crippen LogP contribution in [0.1, 0.15) is 19.6 Å². The number of hydrogen-bond acceptors (Lipinski definition) is 3. The van der Waals surface area contributed by atoms with Crippen molar-refractivity contribution in [3.05, 3.63) is 29.7 Å². The zero-order chi connectivity index (χ0) is 10.4. The van der Waals surface area contributed by atoms with Crippen LogP contribution in [-0.4, -0.2) is 12.1 Å². The van der Waals surface area contributed by atoms with Gasteiger partial charge in [-0.05, 0) is 30.7 Å². The third-order valence-electron chi connectivity index (χ3n) is 1.40. The summed E-state index contributed by atoms with van der Waals surface area (Å²) in [6.45, 7) is 3.27. The van der Waals surface area contributed by atoms with E-state index in [9.17, 15) is 4.79 Å². The van der Waals surface area contributed by atoms with E-state index in [1.54, 1.807) is 12.5 Å². The third kappa shape index (κ3) is 3.71. The van der Waals surface area contributed by atoms with Crippen LogP contribution in [-0.2, 0) is 4.79 Å². The highest BCUT2D eigenvalue weighted by Crippen LogP contribution is 2.05. The highest BCUT2D eigenvalue weighted by Gasteiger charge is 1.90. The summed E-state index contributed by atoms with van der Waals surface area (Å²) in [6, 6.07) is 3.65. The summed E-state index contributed by atoms with van der Waals surface area (Å²) in [5, 5.41) is 3.72. The van der Waals surface area contributed by atoms with Crippen LogP contribution >= 0.6 is 0 Å². The number of nitrogens with zero attached hydrogens (tertiary/aromatic N) is 1. The zero-order valence-electron chi connectivity index (χ0n) is 8.15. The second kappa shape index (κ2) is 5.01. The second-order valence-corrected chi connectivity index (χ2v) is 2.83. The van der Waals surface area contributed by atoms with Gasteiger partial charge in [0.25, 0.3) is 0 Å². The van der Waals surface area contributed by atoms with Crippen molar-refractivity contribution in [2.45, 2.75) is 13.8 Å². The van der Waals surface area contributed by atoms with E-state index in [-0.39, 0.29) is 5.91 Å². The molecule has 0 aromatic carbocycles. The fraction of sp³-hybridized carbons (Fsp3) is 0.200. The lowest BCUT2D eigenvalue weighted by Crippen LogP contribution is -2.12. The molecule has 0 saturated heterocycles. The molecule has 4 nitrogen and oxygen atoms in total. The summed E-state index contributed by atoms with van der Waals surface area (Å²) in [5.74, 6) is 0.573. The molecule has 1 aromatic heterocycles. The first-order chi connectivity index (χ1) is 6.68. The van der Waals surface area contributed by atoms with Crippen molar-refractivity contribution in [2.75, 3.05) is 0 Å². The highest BCUT2D eigenvalue weighted by atomic mass is 16.3. The maximum Gasteiger partial charge on any atom is 0.236 e. The molecule has 14 heavy (non-hydrogen) atoms. The Balaban J connectivity index is 2.53. The third-order valence-corrected chi connectivity index (χ3v) is 1.40. The summed E-state index contributed by atoms with van der Waals surface area (Å²) < 4.78 is 5.11. The molecular formula is C10H12N2O2. The fourth-order valence-corrected chi connectivity index (χ4v) is 0.860. The van der Waals surface area contributed by atoms with E-state index in [1.807, 2.05) is 25.1 Å². The van der Waals surface area contributed by atoms with Crippen molar-refractivity contribution in [1.82, 2.24) is 5.43 Å². The number of furan rings is 1. The highest BCUT2D eigenvalue weighted by molar-refractivity contribution is 5.85. The van der Waals surface area contributed by atoms with E-state index in [1.165, 1.54) is 6.92 Å². The first-order valence-electron chi connectivity index (χ1n) is 4.20. The van der Waals surface area contributed by atoms with Crippen LogP contribution in [0.25, 0.3) is 6.08 Å². The summed E-state index contributed by atoms with van der Waals surface area (Å²) in [4.78, 5) is 10.5. The predicted molar refractivity (Wildman–Crippen MR) is 54.7 cm³/mol. The molecule has 0 fully saturated rings. The first kappa shape index (κ1) is 10.2. The number of allylic oxidation sites excluding steroid dienone is 1. The minimum absolute atomic E-state index is 0.188. The van der Waals surface area contributed by atoms with Gasteiger partial charge < -0.3 is 4.42 Å². The maximum atomic E-state index is 10.5. The van der Waals surface area contributed by atoms with Crippen molar-refractivity contribution < 1.29 is 9.21 Å². The van der Waals surface area contributed by atoms with Gasteiger partial charge in [0.15, 0.2) is 0 Å². The molecule has 1 heterocycles. The Morgan fingerprint density at radius 1 is 1.57 bits per heavy atom. The van der Waals surface area contributed by atoms with Gasteiger partial charge in [0, 0.05) is 6.92 Å². The molecule has 0 radical (unpaired) electrons. The van der Waals surface area contributed by atoms with Crippen molar-refractivity contribution in [3.63, 3.8) is 0 Å². The molecule has 0 aliphatic rings.